The third kappa shape index (κ3) is 7.52. The van der Waals surface area contributed by atoms with Crippen molar-refractivity contribution in [1.82, 2.24) is 0 Å². The lowest BCUT2D eigenvalue weighted by Crippen LogP contribution is -2.21. The van der Waals surface area contributed by atoms with Crippen molar-refractivity contribution in [1.29, 1.82) is 0 Å². The Morgan fingerprint density at radius 3 is 0.750 bits per heavy atom. The van der Waals surface area contributed by atoms with Crippen molar-refractivity contribution >= 4 is 17.2 Å². The zero-order chi connectivity index (χ0) is 16.6. The Bertz CT molecular complexity index is 329. The standard InChI is InChI=1S/C6H2F12P2/c7-3(8,9)1(19-5(13,14)15)2(4(10,11)12)20-6(16,17)18/h19-20H. The first kappa shape index (κ1) is 19.8. The summed E-state index contributed by atoms with van der Waals surface area (Å²) in [6.07, 6.45) is -12.3. The molecule has 0 aromatic rings. The molecule has 0 aliphatic heterocycles. The molecular formula is C6H2F12P2. The van der Waals surface area contributed by atoms with Crippen LogP contribution in [0.3, 0.4) is 0 Å². The minimum Gasteiger partial charge on any atom is -0.167 e. The van der Waals surface area contributed by atoms with Crippen molar-refractivity contribution in [3.8, 4) is 0 Å². The summed E-state index contributed by atoms with van der Waals surface area (Å²) < 4.78 is 144. The molecule has 120 valence electrons. The van der Waals surface area contributed by atoms with Gasteiger partial charge in [-0.2, -0.15) is 52.7 Å². The highest BCUT2D eigenvalue weighted by Gasteiger charge is 2.52. The highest BCUT2D eigenvalue weighted by Crippen LogP contribution is 2.59. The lowest BCUT2D eigenvalue weighted by atomic mass is 10.4. The Kier molecular flexibility index (Phi) is 5.80. The number of allylic oxidation sites excluding steroid dienone is 2. The van der Waals surface area contributed by atoms with E-state index in [4.69, 9.17) is 0 Å². The number of rotatable bonds is 2. The maximum absolute atomic E-state index is 12.2. The zero-order valence-corrected chi connectivity index (χ0v) is 10.5. The van der Waals surface area contributed by atoms with Crippen molar-refractivity contribution < 1.29 is 52.7 Å². The summed E-state index contributed by atoms with van der Waals surface area (Å²) in [6, 6.07) is 0. The summed E-state index contributed by atoms with van der Waals surface area (Å²) in [5.41, 5.74) is 0. The summed E-state index contributed by atoms with van der Waals surface area (Å²) in [6.45, 7) is 0. The minimum absolute atomic E-state index is 3.26. The molecule has 0 aliphatic rings. The molecule has 0 aromatic carbocycles. The molecule has 2 atom stereocenters. The molecule has 0 aromatic heterocycles. The topological polar surface area (TPSA) is 0 Å². The van der Waals surface area contributed by atoms with E-state index in [0.29, 0.717) is 0 Å². The summed E-state index contributed by atoms with van der Waals surface area (Å²) in [7, 11) is -6.87. The lowest BCUT2D eigenvalue weighted by molar-refractivity contribution is -0.107. The van der Waals surface area contributed by atoms with Gasteiger partial charge in [-0.1, -0.05) is 0 Å². The summed E-state index contributed by atoms with van der Waals surface area (Å²) >= 11 is 0. The van der Waals surface area contributed by atoms with Gasteiger partial charge < -0.3 is 0 Å². The molecule has 0 bridgehead atoms. The SMILES string of the molecule is FC(F)(F)PC(=C(PC(F)(F)F)C(F)(F)F)C(F)(F)F. The Labute approximate surface area is 106 Å². The van der Waals surface area contributed by atoms with Gasteiger partial charge in [-0.15, -0.1) is 0 Å². The second-order valence-corrected chi connectivity index (χ2v) is 5.62. The van der Waals surface area contributed by atoms with Gasteiger partial charge in [-0.25, -0.2) is 0 Å². The fraction of sp³-hybridized carbons (Fsp3) is 0.667. The Balaban J connectivity index is 6.02. The molecule has 0 amide bonds. The van der Waals surface area contributed by atoms with Gasteiger partial charge in [0.05, 0.1) is 10.6 Å². The van der Waals surface area contributed by atoms with Crippen LogP contribution < -0.4 is 0 Å². The quantitative estimate of drug-likeness (QED) is 0.434. The predicted molar refractivity (Wildman–Crippen MR) is 47.9 cm³/mol. The average molecular weight is 364 g/mol. The van der Waals surface area contributed by atoms with Crippen molar-refractivity contribution in [3.63, 3.8) is 0 Å². The monoisotopic (exact) mass is 364 g/mol. The van der Waals surface area contributed by atoms with Gasteiger partial charge in [0.1, 0.15) is 0 Å². The van der Waals surface area contributed by atoms with Gasteiger partial charge in [0.15, 0.2) is 0 Å². The number of alkyl halides is 12. The molecule has 0 nitrogen and oxygen atoms in total. The van der Waals surface area contributed by atoms with E-state index in [9.17, 15) is 52.7 Å². The Morgan fingerprint density at radius 2 is 0.650 bits per heavy atom. The van der Waals surface area contributed by atoms with Crippen LogP contribution in [-0.4, -0.2) is 24.2 Å². The summed E-state index contributed by atoms with van der Waals surface area (Å²) in [5, 5.41) is -6.51. The molecule has 2 unspecified atom stereocenters. The van der Waals surface area contributed by atoms with Crippen molar-refractivity contribution in [2.45, 2.75) is 24.2 Å². The first-order valence-corrected chi connectivity index (χ1v) is 6.02. The van der Waals surface area contributed by atoms with Gasteiger partial charge in [-0.3, -0.25) is 0 Å². The van der Waals surface area contributed by atoms with Crippen LogP contribution in [-0.2, 0) is 0 Å². The van der Waals surface area contributed by atoms with E-state index < -0.39 is 52.0 Å². The lowest BCUT2D eigenvalue weighted by Gasteiger charge is -2.21. The summed E-state index contributed by atoms with van der Waals surface area (Å²) in [5.74, 6) is -11.4. The first-order chi connectivity index (χ1) is 8.43. The molecule has 0 saturated heterocycles. The number of hydrogen-bond donors (Lipinski definition) is 0. The van der Waals surface area contributed by atoms with Crippen LogP contribution in [0, 0.1) is 0 Å². The molecule has 0 heterocycles. The van der Waals surface area contributed by atoms with E-state index in [0.717, 1.165) is 0 Å². The fourth-order valence-electron chi connectivity index (χ4n) is 0.834. The molecule has 0 saturated carbocycles. The van der Waals surface area contributed by atoms with Crippen LogP contribution >= 0.6 is 17.2 Å². The van der Waals surface area contributed by atoms with Crippen LogP contribution in [0.2, 0.25) is 0 Å². The third-order valence-corrected chi connectivity index (χ3v) is 3.73. The van der Waals surface area contributed by atoms with Gasteiger partial charge in [0, 0.05) is 17.2 Å². The molecule has 0 rings (SSSR count). The Hall–Kier alpha value is -0.240. The predicted octanol–water partition coefficient (Wildman–Crippen LogP) is 5.72. The highest BCUT2D eigenvalue weighted by atomic mass is 31.1. The molecule has 14 heteroatoms. The number of halogens is 12. The Morgan fingerprint density at radius 1 is 0.450 bits per heavy atom. The molecule has 0 spiro atoms. The van der Waals surface area contributed by atoms with Crippen LogP contribution in [0.25, 0.3) is 0 Å². The van der Waals surface area contributed by atoms with Crippen LogP contribution in [0.5, 0.6) is 0 Å². The average Bonchev–Trinajstić information content (AvgIpc) is 2.04. The van der Waals surface area contributed by atoms with Crippen molar-refractivity contribution in [2.24, 2.45) is 0 Å². The van der Waals surface area contributed by atoms with Gasteiger partial charge in [-0.05, 0) is 0 Å². The highest BCUT2D eigenvalue weighted by molar-refractivity contribution is 7.49. The molecule has 0 aliphatic carbocycles. The normalized spacial score (nSPS) is 17.4. The van der Waals surface area contributed by atoms with Gasteiger partial charge in [0.2, 0.25) is 0 Å². The van der Waals surface area contributed by atoms with Crippen LogP contribution in [0.1, 0.15) is 0 Å². The molecule has 0 N–H and O–H groups in total. The first-order valence-electron chi connectivity index (χ1n) is 4.02. The second-order valence-electron chi connectivity index (χ2n) is 2.99. The fourth-order valence-corrected chi connectivity index (χ4v) is 2.59. The maximum atomic E-state index is 12.2. The van der Waals surface area contributed by atoms with E-state index in [-0.39, 0.29) is 0 Å². The van der Waals surface area contributed by atoms with E-state index in [1.54, 1.807) is 0 Å². The van der Waals surface area contributed by atoms with Crippen molar-refractivity contribution in [2.75, 3.05) is 0 Å². The number of hydrogen-bond acceptors (Lipinski definition) is 0. The van der Waals surface area contributed by atoms with Crippen molar-refractivity contribution in [3.05, 3.63) is 10.6 Å². The van der Waals surface area contributed by atoms with Crippen LogP contribution in [0.4, 0.5) is 52.7 Å². The van der Waals surface area contributed by atoms with E-state index >= 15 is 0 Å². The van der Waals surface area contributed by atoms with E-state index in [2.05, 4.69) is 0 Å². The van der Waals surface area contributed by atoms with E-state index in [1.165, 1.54) is 0 Å². The molecule has 0 fully saturated rings. The van der Waals surface area contributed by atoms with Crippen LogP contribution in [0.15, 0.2) is 10.6 Å². The molecular weight excluding hydrogens is 362 g/mol. The van der Waals surface area contributed by atoms with E-state index in [1.807, 2.05) is 0 Å². The largest absolute Gasteiger partial charge is 0.417 e. The smallest absolute Gasteiger partial charge is 0.167 e. The molecule has 0 radical (unpaired) electrons. The summed E-state index contributed by atoms with van der Waals surface area (Å²) in [4.78, 5) is 0. The zero-order valence-electron chi connectivity index (χ0n) is 8.54. The van der Waals surface area contributed by atoms with Gasteiger partial charge in [0.25, 0.3) is 0 Å². The minimum atomic E-state index is -6.17. The van der Waals surface area contributed by atoms with Gasteiger partial charge >= 0.3 is 24.2 Å². The molecule has 20 heavy (non-hydrogen) atoms. The third-order valence-electron chi connectivity index (χ3n) is 1.35. The second kappa shape index (κ2) is 5.87. The maximum Gasteiger partial charge on any atom is 0.417 e.